The number of nitrogen functional groups attached to an aromatic ring is 1. The molecule has 3 aromatic heterocycles. The molecule has 46 heavy (non-hydrogen) atoms. The zero-order valence-electron chi connectivity index (χ0n) is 24.0. The van der Waals surface area contributed by atoms with Crippen LogP contribution in [0.5, 0.6) is 23.5 Å². The molecule has 10 nitrogen and oxygen atoms in total. The highest BCUT2D eigenvalue weighted by Crippen LogP contribution is 2.32. The van der Waals surface area contributed by atoms with Gasteiger partial charge in [0.05, 0.1) is 45.1 Å². The van der Waals surface area contributed by atoms with Crippen molar-refractivity contribution < 1.29 is 9.47 Å². The lowest BCUT2D eigenvalue weighted by Crippen LogP contribution is -2.00. The Morgan fingerprint density at radius 3 is 1.63 bits per heavy atom. The highest BCUT2D eigenvalue weighted by molar-refractivity contribution is 9.10. The Morgan fingerprint density at radius 2 is 1.04 bits per heavy atom. The molecular formula is C34H24Br2N8O2. The summed E-state index contributed by atoms with van der Waals surface area (Å²) in [6.45, 7) is 0. The maximum absolute atomic E-state index is 5.72. The minimum absolute atomic E-state index is 0.257. The number of fused-ring (bicyclic) bond motifs is 1. The summed E-state index contributed by atoms with van der Waals surface area (Å²) in [5.74, 6) is 1.96. The Morgan fingerprint density at radius 1 is 0.543 bits per heavy atom. The largest absolute Gasteiger partial charge is 0.423 e. The molecule has 7 rings (SSSR count). The van der Waals surface area contributed by atoms with E-state index in [1.165, 1.54) is 12.4 Å². The number of para-hydroxylation sites is 2. The van der Waals surface area contributed by atoms with Gasteiger partial charge < -0.3 is 20.5 Å². The van der Waals surface area contributed by atoms with Gasteiger partial charge in [-0.05, 0) is 56.1 Å². The van der Waals surface area contributed by atoms with E-state index >= 15 is 0 Å². The van der Waals surface area contributed by atoms with Crippen LogP contribution in [0.25, 0.3) is 22.0 Å². The summed E-state index contributed by atoms with van der Waals surface area (Å²) >= 11 is 6.81. The molecule has 226 valence electrons. The number of benzene rings is 4. The highest BCUT2D eigenvalue weighted by Gasteiger charge is 2.12. The lowest BCUT2D eigenvalue weighted by atomic mass is 10.0. The van der Waals surface area contributed by atoms with Crippen LogP contribution in [0.4, 0.5) is 17.2 Å². The van der Waals surface area contributed by atoms with E-state index in [1.807, 2.05) is 103 Å². The van der Waals surface area contributed by atoms with Gasteiger partial charge in [-0.1, -0.05) is 78.9 Å². The maximum atomic E-state index is 5.72. The topological polar surface area (TPSA) is 134 Å². The first-order valence-corrected chi connectivity index (χ1v) is 15.4. The number of nitrogens with two attached hydrogens (primary N) is 1. The quantitative estimate of drug-likeness (QED) is 0.163. The van der Waals surface area contributed by atoms with Crippen LogP contribution in [0.2, 0.25) is 0 Å². The van der Waals surface area contributed by atoms with Crippen LogP contribution < -0.4 is 20.5 Å². The van der Waals surface area contributed by atoms with E-state index in [2.05, 4.69) is 67.3 Å². The molecule has 0 amide bonds. The fourth-order valence-corrected chi connectivity index (χ4v) is 4.94. The van der Waals surface area contributed by atoms with Crippen LogP contribution in [-0.4, -0.2) is 30.1 Å². The monoisotopic (exact) mass is 734 g/mol. The third kappa shape index (κ3) is 7.60. The van der Waals surface area contributed by atoms with Crippen molar-refractivity contribution in [3.05, 3.63) is 137 Å². The summed E-state index contributed by atoms with van der Waals surface area (Å²) in [6, 6.07) is 33.6. The van der Waals surface area contributed by atoms with Crippen molar-refractivity contribution in [1.29, 1.82) is 0 Å². The fraction of sp³-hybridized carbons (Fsp3) is 0. The Kier molecular flexibility index (Phi) is 9.66. The fourth-order valence-electron chi connectivity index (χ4n) is 4.21. The molecule has 0 fully saturated rings. The molecule has 0 aliphatic rings. The molecule has 0 saturated heterocycles. The van der Waals surface area contributed by atoms with Crippen molar-refractivity contribution in [2.24, 2.45) is 0 Å². The second kappa shape index (κ2) is 14.5. The van der Waals surface area contributed by atoms with E-state index in [-0.39, 0.29) is 12.0 Å². The number of ether oxygens (including phenoxy) is 2. The maximum Gasteiger partial charge on any atom is 0.322 e. The molecule has 0 unspecified atom stereocenters. The number of halogens is 2. The van der Waals surface area contributed by atoms with Gasteiger partial charge in [0.25, 0.3) is 0 Å². The summed E-state index contributed by atoms with van der Waals surface area (Å²) in [5.41, 5.74) is 8.52. The molecular weight excluding hydrogens is 712 g/mol. The molecule has 7 aromatic rings. The first-order chi connectivity index (χ1) is 22.5. The van der Waals surface area contributed by atoms with E-state index in [4.69, 9.17) is 15.2 Å². The molecule has 12 heteroatoms. The van der Waals surface area contributed by atoms with E-state index in [1.54, 1.807) is 12.4 Å². The molecule has 0 atom stereocenters. The molecule has 3 N–H and O–H groups in total. The molecule has 0 spiro atoms. The van der Waals surface area contributed by atoms with Crippen molar-refractivity contribution in [2.75, 3.05) is 11.1 Å². The Balaban J connectivity index is 0.000000208. The normalized spacial score (nSPS) is 10.5. The average Bonchev–Trinajstić information content (AvgIpc) is 3.09. The van der Waals surface area contributed by atoms with Crippen LogP contribution in [0.15, 0.2) is 137 Å². The van der Waals surface area contributed by atoms with Gasteiger partial charge in [-0.25, -0.2) is 19.9 Å². The van der Waals surface area contributed by atoms with Crippen LogP contribution >= 0.6 is 31.9 Å². The Hall–Kier alpha value is -5.46. The lowest BCUT2D eigenvalue weighted by Gasteiger charge is -2.11. The number of nitrogens with one attached hydrogen (secondary N) is 1. The summed E-state index contributed by atoms with van der Waals surface area (Å²) in [4.78, 5) is 16.5. The van der Waals surface area contributed by atoms with Gasteiger partial charge in [-0.15, -0.1) is 10.2 Å². The molecule has 0 aliphatic heterocycles. The number of anilines is 3. The second-order valence-corrected chi connectivity index (χ2v) is 11.3. The Labute approximate surface area is 281 Å². The second-order valence-electron chi connectivity index (χ2n) is 9.55. The van der Waals surface area contributed by atoms with Crippen LogP contribution in [0, 0.1) is 0 Å². The van der Waals surface area contributed by atoms with Gasteiger partial charge in [-0.2, -0.15) is 0 Å². The molecule has 0 bridgehead atoms. The van der Waals surface area contributed by atoms with Gasteiger partial charge in [0, 0.05) is 16.3 Å². The number of rotatable bonds is 7. The van der Waals surface area contributed by atoms with Crippen molar-refractivity contribution in [2.45, 2.75) is 0 Å². The zero-order chi connectivity index (χ0) is 31.7. The molecule has 3 heterocycles. The van der Waals surface area contributed by atoms with Crippen molar-refractivity contribution in [3.63, 3.8) is 0 Å². The van der Waals surface area contributed by atoms with Crippen molar-refractivity contribution in [1.82, 2.24) is 30.1 Å². The molecule has 0 aliphatic carbocycles. The third-order valence-corrected chi connectivity index (χ3v) is 7.66. The standard InChI is InChI=1S/C24H16BrN5O.C10H8BrN3O/c25-20-12-6-7-13-21(20)31-24-26-14-17(15-27-24)28-23-19-11-5-4-10-18(19)22(29-30-23)16-8-2-1-3-9-16;11-8-3-1-2-4-9(8)15-10-13-5-7(12)6-14-10/h1-15H,(H,28,30);1-6H,12H2. The number of hydrogen-bond donors (Lipinski definition) is 2. The average molecular weight is 736 g/mol. The van der Waals surface area contributed by atoms with Gasteiger partial charge in [-0.3, -0.25) is 0 Å². The van der Waals surface area contributed by atoms with Crippen LogP contribution in [0.3, 0.4) is 0 Å². The van der Waals surface area contributed by atoms with Gasteiger partial charge in [0.1, 0.15) is 17.2 Å². The Bertz CT molecular complexity index is 2070. The SMILES string of the molecule is Brc1ccccc1Oc1ncc(Nc2nnc(-c3ccccc3)c3ccccc23)cn1.Nc1cnc(Oc2ccccc2Br)nc1. The van der Waals surface area contributed by atoms with Gasteiger partial charge in [0.15, 0.2) is 5.82 Å². The van der Waals surface area contributed by atoms with E-state index in [0.717, 1.165) is 31.0 Å². The minimum atomic E-state index is 0.257. The number of hydrogen-bond acceptors (Lipinski definition) is 10. The predicted octanol–water partition coefficient (Wildman–Crippen LogP) is 9.00. The number of aromatic nitrogens is 6. The van der Waals surface area contributed by atoms with Crippen LogP contribution in [-0.2, 0) is 0 Å². The van der Waals surface area contributed by atoms with Crippen LogP contribution in [0.1, 0.15) is 0 Å². The van der Waals surface area contributed by atoms with E-state index < -0.39 is 0 Å². The minimum Gasteiger partial charge on any atom is -0.423 e. The highest BCUT2D eigenvalue weighted by atomic mass is 79.9. The zero-order valence-corrected chi connectivity index (χ0v) is 27.1. The molecule has 4 aromatic carbocycles. The smallest absolute Gasteiger partial charge is 0.322 e. The summed E-state index contributed by atoms with van der Waals surface area (Å²) < 4.78 is 12.9. The first kappa shape index (κ1) is 30.6. The third-order valence-electron chi connectivity index (χ3n) is 6.35. The van der Waals surface area contributed by atoms with E-state index in [0.29, 0.717) is 28.7 Å². The van der Waals surface area contributed by atoms with Gasteiger partial charge in [0.2, 0.25) is 0 Å². The summed E-state index contributed by atoms with van der Waals surface area (Å²) in [5, 5.41) is 14.1. The van der Waals surface area contributed by atoms with Crippen molar-refractivity contribution in [3.8, 4) is 34.8 Å². The van der Waals surface area contributed by atoms with Crippen molar-refractivity contribution >= 4 is 59.8 Å². The predicted molar refractivity (Wildman–Crippen MR) is 185 cm³/mol. The summed E-state index contributed by atoms with van der Waals surface area (Å²) in [6.07, 6.45) is 6.31. The van der Waals surface area contributed by atoms with Gasteiger partial charge >= 0.3 is 12.0 Å². The number of nitrogens with zero attached hydrogens (tertiary/aromatic N) is 6. The molecule has 0 radical (unpaired) electrons. The summed E-state index contributed by atoms with van der Waals surface area (Å²) in [7, 11) is 0. The van der Waals surface area contributed by atoms with E-state index in [9.17, 15) is 0 Å². The first-order valence-electron chi connectivity index (χ1n) is 13.9. The lowest BCUT2D eigenvalue weighted by molar-refractivity contribution is 0.439. The molecule has 0 saturated carbocycles.